The summed E-state index contributed by atoms with van der Waals surface area (Å²) >= 11 is 0. The van der Waals surface area contributed by atoms with Crippen molar-refractivity contribution in [2.45, 2.75) is 344 Å². The average molecular weight is 1070 g/mol. The van der Waals surface area contributed by atoms with Crippen LogP contribution >= 0.6 is 0 Å². The van der Waals surface area contributed by atoms with Crippen LogP contribution in [0.25, 0.3) is 0 Å². The lowest BCUT2D eigenvalue weighted by atomic mass is 9.67. The van der Waals surface area contributed by atoms with E-state index in [1.807, 2.05) is 20.8 Å². The van der Waals surface area contributed by atoms with E-state index in [0.717, 1.165) is 157 Å². The topological polar surface area (TPSA) is 60.7 Å². The lowest BCUT2D eigenvalue weighted by molar-refractivity contribution is -0.0717. The highest BCUT2D eigenvalue weighted by Crippen LogP contribution is 2.44. The Kier molecular flexibility index (Phi) is 34.1. The molecule has 0 saturated heterocycles. The zero-order chi connectivity index (χ0) is 58.5. The Balaban J connectivity index is 0.000000435. The van der Waals surface area contributed by atoms with Gasteiger partial charge in [0.25, 0.3) is 0 Å². The van der Waals surface area contributed by atoms with Gasteiger partial charge >= 0.3 is 0 Å². The lowest BCUT2D eigenvalue weighted by Crippen LogP contribution is -2.42. The lowest BCUT2D eigenvalue weighted by Gasteiger charge is -2.43. The summed E-state index contributed by atoms with van der Waals surface area (Å²) in [6.07, 6.45) is 32.0. The van der Waals surface area contributed by atoms with Crippen molar-refractivity contribution in [2.24, 2.45) is 124 Å². The summed E-state index contributed by atoms with van der Waals surface area (Å²) in [7, 11) is 0. The molecule has 0 aromatic rings. The van der Waals surface area contributed by atoms with Crippen LogP contribution in [0.4, 0.5) is 0 Å². The van der Waals surface area contributed by atoms with Crippen LogP contribution in [0.1, 0.15) is 327 Å². The molecule has 0 aromatic heterocycles. The summed E-state index contributed by atoms with van der Waals surface area (Å²) in [5, 5.41) is 28.3. The first-order valence-corrected chi connectivity index (χ1v) is 34.0. The highest BCUT2D eigenvalue weighted by atomic mass is 16.3. The number of hydrogen-bond acceptors (Lipinski definition) is 3. The first kappa shape index (κ1) is 73.9. The monoisotopic (exact) mass is 1070 g/mol. The average Bonchev–Trinajstić information content (AvgIpc) is 3.26. The molecule has 8 saturated carbocycles. The van der Waals surface area contributed by atoms with Gasteiger partial charge in [0.2, 0.25) is 0 Å². The maximum absolute atomic E-state index is 9.67. The Hall–Kier alpha value is -0.120. The SMILES string of the molecule is CC(C)C1CC(C)(O)C1.CC(C)C1CC(C)(O)C1.CC(C)C1CCC(C)(C)CC1.CC(C)C1CCC(C)(O)CC1.CC1CC(C(C)C)C1.CC1CC(C(C)C)C1.CC1CCC(C(C)C)CC1.CC1CCC(C(C)C)CC1. The van der Waals surface area contributed by atoms with Gasteiger partial charge in [-0.05, 0) is 273 Å². The third kappa shape index (κ3) is 31.4. The molecule has 8 rings (SSSR count). The van der Waals surface area contributed by atoms with E-state index >= 15 is 0 Å². The van der Waals surface area contributed by atoms with Crippen molar-refractivity contribution in [1.29, 1.82) is 0 Å². The molecule has 76 heavy (non-hydrogen) atoms. The fraction of sp³-hybridized carbons (Fsp3) is 1.00. The molecule has 456 valence electrons. The Labute approximate surface area is 480 Å². The minimum Gasteiger partial charge on any atom is -0.390 e. The molecule has 0 heterocycles. The van der Waals surface area contributed by atoms with Crippen LogP contribution in [0.5, 0.6) is 0 Å². The first-order valence-electron chi connectivity index (χ1n) is 34.0. The standard InChI is InChI=1S/C11H22.C10H20O.2C10H20.2C8H16O.2C8H16/c1-9(2)10-5-7-11(3,4)8-6-10;1-8(2)9-4-6-10(3,11)7-5-9;2*1-8(2)10-6-4-9(3)5-7-10;2*1-6(2)7-4-8(3,9)5-7;2*1-6(2)8-4-7(3)5-8/h9-10H,5-8H2,1-4H3;8-9,11H,4-7H2,1-3H3;2*8-10H,4-7H2,1-3H3;2*6-7,9H,4-5H2,1-3H3;2*6-8H,4-5H2,1-3H3. The Morgan fingerprint density at radius 1 is 0.250 bits per heavy atom. The molecule has 3 N–H and O–H groups in total. The highest BCUT2D eigenvalue weighted by molar-refractivity contribution is 4.92. The number of hydrogen-bond donors (Lipinski definition) is 3. The van der Waals surface area contributed by atoms with Gasteiger partial charge in [0, 0.05) is 0 Å². The third-order valence-corrected chi connectivity index (χ3v) is 21.8. The van der Waals surface area contributed by atoms with E-state index in [1.54, 1.807) is 0 Å². The second-order valence-electron chi connectivity index (χ2n) is 33.3. The summed E-state index contributed by atoms with van der Waals surface area (Å²) in [5.74, 6) is 18.6. The molecule has 0 unspecified atom stereocenters. The van der Waals surface area contributed by atoms with Crippen LogP contribution in [0.15, 0.2) is 0 Å². The predicted octanol–water partition coefficient (Wildman–Crippen LogP) is 22.4. The molecule has 0 bridgehead atoms. The zero-order valence-electron chi connectivity index (χ0n) is 56.9. The molecule has 3 nitrogen and oxygen atoms in total. The van der Waals surface area contributed by atoms with Gasteiger partial charge in [-0.3, -0.25) is 0 Å². The molecule has 8 aliphatic rings. The van der Waals surface area contributed by atoms with Crippen LogP contribution in [0, 0.1) is 124 Å². The van der Waals surface area contributed by atoms with Gasteiger partial charge in [-0.2, -0.15) is 0 Å². The van der Waals surface area contributed by atoms with Gasteiger partial charge in [0.1, 0.15) is 0 Å². The summed E-state index contributed by atoms with van der Waals surface area (Å²) in [5.41, 5.74) is -0.360. The van der Waals surface area contributed by atoms with E-state index in [0.29, 0.717) is 5.41 Å². The van der Waals surface area contributed by atoms with Gasteiger partial charge in [0.05, 0.1) is 16.8 Å². The molecular formula is C73H146O3. The van der Waals surface area contributed by atoms with E-state index in [9.17, 15) is 15.3 Å². The third-order valence-electron chi connectivity index (χ3n) is 21.8. The quantitative estimate of drug-likeness (QED) is 0.227. The minimum absolute atomic E-state index is 0.324. The van der Waals surface area contributed by atoms with Crippen molar-refractivity contribution in [3.63, 3.8) is 0 Å². The van der Waals surface area contributed by atoms with Gasteiger partial charge in [0.15, 0.2) is 0 Å². The minimum atomic E-state index is -0.356. The second kappa shape index (κ2) is 35.1. The Morgan fingerprint density at radius 2 is 0.461 bits per heavy atom. The number of rotatable bonds is 8. The smallest absolute Gasteiger partial charge is 0.0625 e. The van der Waals surface area contributed by atoms with Crippen molar-refractivity contribution in [2.75, 3.05) is 0 Å². The molecule has 0 amide bonds. The molecule has 8 fully saturated rings. The molecule has 8 aliphatic carbocycles. The maximum atomic E-state index is 9.67. The summed E-state index contributed by atoms with van der Waals surface area (Å²) < 4.78 is 0. The summed E-state index contributed by atoms with van der Waals surface area (Å²) in [6, 6.07) is 0. The molecule has 0 atom stereocenters. The fourth-order valence-corrected chi connectivity index (χ4v) is 14.0. The van der Waals surface area contributed by atoms with E-state index < -0.39 is 0 Å². The highest BCUT2D eigenvalue weighted by Gasteiger charge is 2.40. The molecule has 0 aromatic carbocycles. The largest absolute Gasteiger partial charge is 0.390 e. The van der Waals surface area contributed by atoms with Gasteiger partial charge in [-0.1, -0.05) is 178 Å². The van der Waals surface area contributed by atoms with Crippen molar-refractivity contribution in [1.82, 2.24) is 0 Å². The van der Waals surface area contributed by atoms with E-state index in [2.05, 4.69) is 152 Å². The van der Waals surface area contributed by atoms with Gasteiger partial charge in [-0.25, -0.2) is 0 Å². The number of aliphatic hydroxyl groups is 3. The molecule has 3 heteroatoms. The van der Waals surface area contributed by atoms with Crippen LogP contribution in [0.3, 0.4) is 0 Å². The summed E-state index contributed by atoms with van der Waals surface area (Å²) in [4.78, 5) is 0. The zero-order valence-corrected chi connectivity index (χ0v) is 56.9. The van der Waals surface area contributed by atoms with Crippen molar-refractivity contribution in [3.05, 3.63) is 0 Å². The van der Waals surface area contributed by atoms with Crippen LogP contribution in [0.2, 0.25) is 0 Å². The molecule has 0 aliphatic heterocycles. The van der Waals surface area contributed by atoms with E-state index in [1.165, 1.54) is 116 Å². The van der Waals surface area contributed by atoms with Crippen LogP contribution < -0.4 is 0 Å². The van der Waals surface area contributed by atoms with Gasteiger partial charge in [-0.15, -0.1) is 0 Å². The van der Waals surface area contributed by atoms with Crippen LogP contribution in [-0.2, 0) is 0 Å². The normalized spacial score (nSPS) is 36.7. The van der Waals surface area contributed by atoms with Crippen LogP contribution in [-0.4, -0.2) is 32.1 Å². The van der Waals surface area contributed by atoms with Crippen molar-refractivity contribution in [3.8, 4) is 0 Å². The predicted molar refractivity (Wildman–Crippen MR) is 340 cm³/mol. The Bertz CT molecular complexity index is 1270. The second-order valence-corrected chi connectivity index (χ2v) is 33.3. The molecular weight excluding hydrogens is 925 g/mol. The first-order chi connectivity index (χ1) is 34.8. The van der Waals surface area contributed by atoms with E-state index in [4.69, 9.17) is 0 Å². The van der Waals surface area contributed by atoms with Crippen molar-refractivity contribution >= 4 is 0 Å². The van der Waals surface area contributed by atoms with Gasteiger partial charge < -0.3 is 15.3 Å². The molecule has 0 spiro atoms. The fourth-order valence-electron chi connectivity index (χ4n) is 14.0. The maximum Gasteiger partial charge on any atom is 0.0625 e. The summed E-state index contributed by atoms with van der Waals surface area (Å²) in [6.45, 7) is 57.0. The molecule has 0 radical (unpaired) electrons. The van der Waals surface area contributed by atoms with E-state index in [-0.39, 0.29) is 16.8 Å². The Morgan fingerprint density at radius 3 is 0.632 bits per heavy atom. The van der Waals surface area contributed by atoms with Crippen molar-refractivity contribution < 1.29 is 15.3 Å².